The van der Waals surface area contributed by atoms with E-state index in [-0.39, 0.29) is 6.10 Å². The number of sulfone groups is 1. The molecule has 1 aromatic heterocycles. The number of rotatable bonds is 7. The minimum Gasteiger partial charge on any atom is -0.378 e. The van der Waals surface area contributed by atoms with Crippen molar-refractivity contribution >= 4 is 9.84 Å². The van der Waals surface area contributed by atoms with Crippen LogP contribution in [0.1, 0.15) is 25.1 Å². The number of nitrogens with zero attached hydrogens (tertiary/aromatic N) is 1. The molecule has 0 saturated heterocycles. The second-order valence-electron chi connectivity index (χ2n) is 7.28. The number of benzene rings is 2. The van der Waals surface area contributed by atoms with Crippen molar-refractivity contribution in [3.8, 4) is 16.9 Å². The highest BCUT2D eigenvalue weighted by Crippen LogP contribution is 2.30. The molecule has 0 aliphatic rings. The van der Waals surface area contributed by atoms with Crippen molar-refractivity contribution in [3.05, 3.63) is 71.9 Å². The standard InChI is InChI=1S/C23H27NO3S/c1-17(2)27-15-14-20-16-23(19-10-12-22(13-11-19)28(4,25)26)24(18(20)3)21-8-6-5-7-9-21/h5-13,16-17H,14-15H2,1-4H3. The maximum atomic E-state index is 11.8. The van der Waals surface area contributed by atoms with Gasteiger partial charge < -0.3 is 9.30 Å². The van der Waals surface area contributed by atoms with Crippen molar-refractivity contribution in [3.63, 3.8) is 0 Å². The van der Waals surface area contributed by atoms with Crippen molar-refractivity contribution in [1.82, 2.24) is 4.57 Å². The first-order valence-corrected chi connectivity index (χ1v) is 11.3. The molecule has 0 radical (unpaired) electrons. The summed E-state index contributed by atoms with van der Waals surface area (Å²) in [6.45, 7) is 6.86. The first-order chi connectivity index (χ1) is 13.3. The summed E-state index contributed by atoms with van der Waals surface area (Å²) < 4.78 is 31.5. The number of hydrogen-bond acceptors (Lipinski definition) is 3. The van der Waals surface area contributed by atoms with Gasteiger partial charge in [-0.15, -0.1) is 0 Å². The zero-order valence-corrected chi connectivity index (χ0v) is 17.7. The lowest BCUT2D eigenvalue weighted by Gasteiger charge is -2.13. The Kier molecular flexibility index (Phi) is 6.06. The van der Waals surface area contributed by atoms with Crippen LogP contribution in [0.15, 0.2) is 65.6 Å². The van der Waals surface area contributed by atoms with Gasteiger partial charge in [0.1, 0.15) is 0 Å². The fraction of sp³-hybridized carbons (Fsp3) is 0.304. The lowest BCUT2D eigenvalue weighted by atomic mass is 10.1. The summed E-state index contributed by atoms with van der Waals surface area (Å²) in [6.07, 6.45) is 2.27. The van der Waals surface area contributed by atoms with Crippen LogP contribution in [0.2, 0.25) is 0 Å². The molecule has 3 rings (SSSR count). The third-order valence-corrected chi connectivity index (χ3v) is 5.90. The number of aromatic nitrogens is 1. The summed E-state index contributed by atoms with van der Waals surface area (Å²) in [5.41, 5.74) is 5.50. The Balaban J connectivity index is 2.06. The molecule has 0 saturated carbocycles. The van der Waals surface area contributed by atoms with Crippen molar-refractivity contribution in [2.24, 2.45) is 0 Å². The maximum absolute atomic E-state index is 11.8. The monoisotopic (exact) mass is 397 g/mol. The summed E-state index contributed by atoms with van der Waals surface area (Å²) in [4.78, 5) is 0.330. The van der Waals surface area contributed by atoms with Gasteiger partial charge in [-0.2, -0.15) is 0 Å². The van der Waals surface area contributed by atoms with Gasteiger partial charge in [0.25, 0.3) is 0 Å². The number of para-hydroxylation sites is 1. The zero-order chi connectivity index (χ0) is 20.3. The molecule has 4 nitrogen and oxygen atoms in total. The highest BCUT2D eigenvalue weighted by molar-refractivity contribution is 7.90. The quantitative estimate of drug-likeness (QED) is 0.574. The van der Waals surface area contributed by atoms with E-state index in [1.807, 2.05) is 44.2 Å². The van der Waals surface area contributed by atoms with Crippen molar-refractivity contribution in [2.75, 3.05) is 12.9 Å². The average Bonchev–Trinajstić information content (AvgIpc) is 2.98. The number of ether oxygens (including phenoxy) is 1. The molecule has 2 aromatic carbocycles. The lowest BCUT2D eigenvalue weighted by Crippen LogP contribution is -2.06. The summed E-state index contributed by atoms with van der Waals surface area (Å²) in [7, 11) is -3.21. The zero-order valence-electron chi connectivity index (χ0n) is 16.8. The Hall–Kier alpha value is -2.37. The van der Waals surface area contributed by atoms with E-state index in [9.17, 15) is 8.42 Å². The van der Waals surface area contributed by atoms with E-state index in [0.717, 1.165) is 23.4 Å². The highest BCUT2D eigenvalue weighted by atomic mass is 32.2. The fourth-order valence-corrected chi connectivity index (χ4v) is 3.94. The van der Waals surface area contributed by atoms with E-state index in [4.69, 9.17) is 4.74 Å². The smallest absolute Gasteiger partial charge is 0.175 e. The summed E-state index contributed by atoms with van der Waals surface area (Å²) in [5, 5.41) is 0. The molecule has 0 unspecified atom stereocenters. The average molecular weight is 398 g/mol. The SMILES string of the molecule is Cc1c(CCOC(C)C)cc(-c2ccc(S(C)(=O)=O)cc2)n1-c1ccccc1. The van der Waals surface area contributed by atoms with Crippen LogP contribution in [0, 0.1) is 6.92 Å². The third-order valence-electron chi connectivity index (χ3n) is 4.77. The lowest BCUT2D eigenvalue weighted by molar-refractivity contribution is 0.0813. The predicted octanol–water partition coefficient (Wildman–Crippen LogP) is 4.82. The van der Waals surface area contributed by atoms with Crippen LogP contribution in [-0.2, 0) is 21.0 Å². The normalized spacial score (nSPS) is 11.9. The summed E-state index contributed by atoms with van der Waals surface area (Å²) >= 11 is 0. The van der Waals surface area contributed by atoms with Crippen molar-refractivity contribution < 1.29 is 13.2 Å². The largest absolute Gasteiger partial charge is 0.378 e. The Labute approximate surface area is 167 Å². The van der Waals surface area contributed by atoms with Crippen LogP contribution < -0.4 is 0 Å². The molecule has 148 valence electrons. The van der Waals surface area contributed by atoms with Crippen molar-refractivity contribution in [1.29, 1.82) is 0 Å². The minimum absolute atomic E-state index is 0.208. The van der Waals surface area contributed by atoms with Crippen LogP contribution in [0.25, 0.3) is 16.9 Å². The van der Waals surface area contributed by atoms with Crippen LogP contribution in [0.4, 0.5) is 0 Å². The van der Waals surface area contributed by atoms with Gasteiger partial charge in [-0.05, 0) is 68.7 Å². The van der Waals surface area contributed by atoms with E-state index in [0.29, 0.717) is 11.5 Å². The van der Waals surface area contributed by atoms with Crippen LogP contribution in [0.3, 0.4) is 0 Å². The Morgan fingerprint density at radius 2 is 1.64 bits per heavy atom. The summed E-state index contributed by atoms with van der Waals surface area (Å²) in [5.74, 6) is 0. The molecular formula is C23H27NO3S. The van der Waals surface area contributed by atoms with Gasteiger partial charge in [0, 0.05) is 17.6 Å². The van der Waals surface area contributed by atoms with E-state index in [1.165, 1.54) is 17.5 Å². The van der Waals surface area contributed by atoms with Gasteiger partial charge in [-0.25, -0.2) is 8.42 Å². The Morgan fingerprint density at radius 3 is 2.21 bits per heavy atom. The van der Waals surface area contributed by atoms with Crippen LogP contribution >= 0.6 is 0 Å². The van der Waals surface area contributed by atoms with E-state index >= 15 is 0 Å². The molecule has 0 aliphatic carbocycles. The molecule has 0 amide bonds. The molecule has 1 heterocycles. The molecule has 5 heteroatoms. The fourth-order valence-electron chi connectivity index (χ4n) is 3.31. The van der Waals surface area contributed by atoms with Gasteiger partial charge in [0.05, 0.1) is 23.3 Å². The number of hydrogen-bond donors (Lipinski definition) is 0. The maximum Gasteiger partial charge on any atom is 0.175 e. The van der Waals surface area contributed by atoms with Crippen molar-refractivity contribution in [2.45, 2.75) is 38.2 Å². The van der Waals surface area contributed by atoms with Gasteiger partial charge in [0.2, 0.25) is 0 Å². The Morgan fingerprint density at radius 1 is 1.00 bits per heavy atom. The van der Waals surface area contributed by atoms with Gasteiger partial charge in [0.15, 0.2) is 9.84 Å². The summed E-state index contributed by atoms with van der Waals surface area (Å²) in [6, 6.07) is 19.5. The first kappa shape index (κ1) is 20.4. The van der Waals surface area contributed by atoms with Crippen LogP contribution in [-0.4, -0.2) is 32.0 Å². The molecule has 0 fully saturated rings. The molecule has 3 aromatic rings. The van der Waals surface area contributed by atoms with Gasteiger partial charge >= 0.3 is 0 Å². The highest BCUT2D eigenvalue weighted by Gasteiger charge is 2.16. The molecule has 28 heavy (non-hydrogen) atoms. The predicted molar refractivity (Wildman–Crippen MR) is 114 cm³/mol. The van der Waals surface area contributed by atoms with E-state index < -0.39 is 9.84 Å². The minimum atomic E-state index is -3.21. The first-order valence-electron chi connectivity index (χ1n) is 9.46. The van der Waals surface area contributed by atoms with E-state index in [2.05, 4.69) is 29.7 Å². The molecule has 0 aliphatic heterocycles. The van der Waals surface area contributed by atoms with E-state index in [1.54, 1.807) is 12.1 Å². The second-order valence-corrected chi connectivity index (χ2v) is 9.29. The Bertz CT molecular complexity index is 1030. The molecule has 0 N–H and O–H groups in total. The van der Waals surface area contributed by atoms with Gasteiger partial charge in [-0.3, -0.25) is 0 Å². The second kappa shape index (κ2) is 8.33. The van der Waals surface area contributed by atoms with Gasteiger partial charge in [-0.1, -0.05) is 30.3 Å². The molecule has 0 bridgehead atoms. The van der Waals surface area contributed by atoms with Crippen LogP contribution in [0.5, 0.6) is 0 Å². The topological polar surface area (TPSA) is 48.3 Å². The third kappa shape index (κ3) is 4.54. The molecule has 0 spiro atoms. The molecular weight excluding hydrogens is 370 g/mol. The molecule has 0 atom stereocenters.